The zero-order valence-corrected chi connectivity index (χ0v) is 14.0. The molecule has 1 heterocycles. The summed E-state index contributed by atoms with van der Waals surface area (Å²) in [5.41, 5.74) is 2.19. The van der Waals surface area contributed by atoms with Crippen LogP contribution in [0.4, 0.5) is 10.1 Å². The number of hydrogen-bond donors (Lipinski definition) is 1. The third kappa shape index (κ3) is 4.08. The van der Waals surface area contributed by atoms with Crippen LogP contribution < -0.4 is 5.32 Å². The smallest absolute Gasteiger partial charge is 0.226 e. The SMILES string of the molecule is Cc1cc(-c2nnn(CCC(=O)Nc3cccc(C#N)c3)n2)ccc1F. The molecule has 0 saturated carbocycles. The normalized spacial score (nSPS) is 10.3. The Morgan fingerprint density at radius 3 is 2.92 bits per heavy atom. The molecule has 8 heteroatoms. The molecular weight excluding hydrogens is 335 g/mol. The number of nitrogens with zero attached hydrogens (tertiary/aromatic N) is 5. The molecule has 3 aromatic rings. The Kier molecular flexibility index (Phi) is 4.99. The van der Waals surface area contributed by atoms with Crippen molar-refractivity contribution in [1.29, 1.82) is 5.26 Å². The Morgan fingerprint density at radius 2 is 2.15 bits per heavy atom. The van der Waals surface area contributed by atoms with Crippen LogP contribution in [-0.2, 0) is 11.3 Å². The van der Waals surface area contributed by atoms with Crippen molar-refractivity contribution in [3.05, 3.63) is 59.4 Å². The number of carbonyl (C=O) groups is 1. The number of rotatable bonds is 5. The predicted molar refractivity (Wildman–Crippen MR) is 92.4 cm³/mol. The van der Waals surface area contributed by atoms with Gasteiger partial charge < -0.3 is 5.32 Å². The van der Waals surface area contributed by atoms with Crippen LogP contribution in [-0.4, -0.2) is 26.1 Å². The van der Waals surface area contributed by atoms with Gasteiger partial charge in [0.15, 0.2) is 0 Å². The highest BCUT2D eigenvalue weighted by Gasteiger charge is 2.10. The van der Waals surface area contributed by atoms with E-state index in [1.54, 1.807) is 43.3 Å². The van der Waals surface area contributed by atoms with Crippen LogP contribution in [0.5, 0.6) is 0 Å². The third-order valence-electron chi connectivity index (χ3n) is 3.68. The Bertz CT molecular complexity index is 991. The summed E-state index contributed by atoms with van der Waals surface area (Å²) in [6.07, 6.45) is 0.148. The minimum Gasteiger partial charge on any atom is -0.326 e. The fourth-order valence-corrected chi connectivity index (χ4v) is 2.33. The van der Waals surface area contributed by atoms with Crippen LogP contribution >= 0.6 is 0 Å². The molecule has 26 heavy (non-hydrogen) atoms. The average molecular weight is 350 g/mol. The first-order chi connectivity index (χ1) is 12.5. The van der Waals surface area contributed by atoms with Gasteiger partial charge in [0.2, 0.25) is 11.7 Å². The van der Waals surface area contributed by atoms with E-state index in [0.29, 0.717) is 28.2 Å². The van der Waals surface area contributed by atoms with E-state index < -0.39 is 0 Å². The van der Waals surface area contributed by atoms with Gasteiger partial charge in [0.05, 0.1) is 18.2 Å². The van der Waals surface area contributed by atoms with Crippen LogP contribution in [0.2, 0.25) is 0 Å². The van der Waals surface area contributed by atoms with Crippen LogP contribution in [0.15, 0.2) is 42.5 Å². The molecule has 0 aliphatic carbocycles. The third-order valence-corrected chi connectivity index (χ3v) is 3.68. The highest BCUT2D eigenvalue weighted by molar-refractivity contribution is 5.90. The van der Waals surface area contributed by atoms with Gasteiger partial charge in [0.25, 0.3) is 0 Å². The lowest BCUT2D eigenvalue weighted by atomic mass is 10.1. The summed E-state index contributed by atoms with van der Waals surface area (Å²) >= 11 is 0. The zero-order valence-electron chi connectivity index (χ0n) is 14.0. The van der Waals surface area contributed by atoms with Crippen LogP contribution in [0, 0.1) is 24.1 Å². The number of nitriles is 1. The van der Waals surface area contributed by atoms with Gasteiger partial charge in [-0.2, -0.15) is 10.1 Å². The van der Waals surface area contributed by atoms with Crippen molar-refractivity contribution in [2.75, 3.05) is 5.32 Å². The number of halogens is 1. The number of amides is 1. The van der Waals surface area contributed by atoms with E-state index in [0.717, 1.165) is 0 Å². The number of aromatic nitrogens is 4. The molecule has 130 valence electrons. The molecule has 0 aliphatic rings. The van der Waals surface area contributed by atoms with E-state index in [2.05, 4.69) is 20.7 Å². The van der Waals surface area contributed by atoms with Crippen molar-refractivity contribution in [1.82, 2.24) is 20.2 Å². The monoisotopic (exact) mass is 350 g/mol. The van der Waals surface area contributed by atoms with Gasteiger partial charge in [-0.25, -0.2) is 4.39 Å². The lowest BCUT2D eigenvalue weighted by molar-refractivity contribution is -0.116. The van der Waals surface area contributed by atoms with E-state index in [1.165, 1.54) is 10.9 Å². The minimum absolute atomic E-state index is 0.148. The number of tetrazole rings is 1. The first-order valence-corrected chi connectivity index (χ1v) is 7.89. The second-order valence-corrected chi connectivity index (χ2v) is 5.66. The highest BCUT2D eigenvalue weighted by atomic mass is 19.1. The first-order valence-electron chi connectivity index (χ1n) is 7.89. The molecular formula is C18H15FN6O. The number of hydrogen-bond acceptors (Lipinski definition) is 5. The lowest BCUT2D eigenvalue weighted by Gasteiger charge is -2.04. The maximum Gasteiger partial charge on any atom is 0.226 e. The van der Waals surface area contributed by atoms with E-state index in [4.69, 9.17) is 5.26 Å². The summed E-state index contributed by atoms with van der Waals surface area (Å²) in [7, 11) is 0. The summed E-state index contributed by atoms with van der Waals surface area (Å²) in [4.78, 5) is 13.3. The van der Waals surface area contributed by atoms with Crippen molar-refractivity contribution in [3.8, 4) is 17.5 Å². The molecule has 0 unspecified atom stereocenters. The molecule has 3 rings (SSSR count). The van der Waals surface area contributed by atoms with Gasteiger partial charge in [-0.1, -0.05) is 6.07 Å². The predicted octanol–water partition coefficient (Wildman–Crippen LogP) is 2.69. The standard InChI is InChI=1S/C18H15FN6O/c1-12-9-14(5-6-16(12)19)18-22-24-25(23-18)8-7-17(26)21-15-4-2-3-13(10-15)11-20/h2-6,9-10H,7-8H2,1H3,(H,21,26). The highest BCUT2D eigenvalue weighted by Crippen LogP contribution is 2.17. The summed E-state index contributed by atoms with van der Waals surface area (Å²) < 4.78 is 13.3. The molecule has 0 aliphatic heterocycles. The number of carbonyl (C=O) groups excluding carboxylic acids is 1. The van der Waals surface area contributed by atoms with E-state index in [1.807, 2.05) is 6.07 Å². The molecule has 0 atom stereocenters. The second kappa shape index (κ2) is 7.53. The number of nitrogens with one attached hydrogen (secondary N) is 1. The van der Waals surface area contributed by atoms with Crippen molar-refractivity contribution in [3.63, 3.8) is 0 Å². The Balaban J connectivity index is 1.60. The maximum atomic E-state index is 13.3. The molecule has 0 fully saturated rings. The van der Waals surface area contributed by atoms with Crippen LogP contribution in [0.25, 0.3) is 11.4 Å². The molecule has 0 radical (unpaired) electrons. The second-order valence-electron chi connectivity index (χ2n) is 5.66. The van der Waals surface area contributed by atoms with Crippen molar-refractivity contribution >= 4 is 11.6 Å². The molecule has 2 aromatic carbocycles. The zero-order chi connectivity index (χ0) is 18.5. The molecule has 0 spiro atoms. The van der Waals surface area contributed by atoms with Crippen molar-refractivity contribution in [2.24, 2.45) is 0 Å². The first kappa shape index (κ1) is 17.2. The summed E-state index contributed by atoms with van der Waals surface area (Å²) in [6.45, 7) is 1.91. The fraction of sp³-hybridized carbons (Fsp3) is 0.167. The molecule has 1 amide bonds. The van der Waals surface area contributed by atoms with Gasteiger partial charge >= 0.3 is 0 Å². The maximum absolute atomic E-state index is 13.3. The largest absolute Gasteiger partial charge is 0.326 e. The fourth-order valence-electron chi connectivity index (χ4n) is 2.33. The summed E-state index contributed by atoms with van der Waals surface area (Å²) in [5, 5.41) is 23.6. The summed E-state index contributed by atoms with van der Waals surface area (Å²) in [6, 6.07) is 13.3. The van der Waals surface area contributed by atoms with Gasteiger partial charge in [-0.05, 0) is 54.1 Å². The average Bonchev–Trinajstić information content (AvgIpc) is 3.11. The molecule has 7 nitrogen and oxygen atoms in total. The van der Waals surface area contributed by atoms with E-state index >= 15 is 0 Å². The topological polar surface area (TPSA) is 96.5 Å². The summed E-state index contributed by atoms with van der Waals surface area (Å²) in [5.74, 6) is -0.148. The Labute approximate surface area is 149 Å². The molecule has 1 N–H and O–H groups in total. The van der Waals surface area contributed by atoms with Gasteiger partial charge in [0.1, 0.15) is 5.82 Å². The van der Waals surface area contributed by atoms with Gasteiger partial charge in [-0.3, -0.25) is 4.79 Å². The lowest BCUT2D eigenvalue weighted by Crippen LogP contribution is -2.15. The number of benzene rings is 2. The van der Waals surface area contributed by atoms with Crippen molar-refractivity contribution in [2.45, 2.75) is 19.9 Å². The van der Waals surface area contributed by atoms with Gasteiger partial charge in [-0.15, -0.1) is 10.2 Å². The molecule has 0 saturated heterocycles. The quantitative estimate of drug-likeness (QED) is 0.763. The van der Waals surface area contributed by atoms with Gasteiger partial charge in [0, 0.05) is 17.7 Å². The molecule has 1 aromatic heterocycles. The Morgan fingerprint density at radius 1 is 1.31 bits per heavy atom. The number of aryl methyl sites for hydroxylation is 2. The van der Waals surface area contributed by atoms with E-state index in [-0.39, 0.29) is 24.7 Å². The van der Waals surface area contributed by atoms with Crippen LogP contribution in [0.1, 0.15) is 17.5 Å². The number of anilines is 1. The minimum atomic E-state index is -0.293. The Hall–Kier alpha value is -3.60. The van der Waals surface area contributed by atoms with Crippen LogP contribution in [0.3, 0.4) is 0 Å². The van der Waals surface area contributed by atoms with E-state index in [9.17, 15) is 9.18 Å². The van der Waals surface area contributed by atoms with Crippen molar-refractivity contribution < 1.29 is 9.18 Å². The molecule has 0 bridgehead atoms.